The van der Waals surface area contributed by atoms with Crippen molar-refractivity contribution in [1.29, 1.82) is 0 Å². The second kappa shape index (κ2) is 6.96. The number of aryl methyl sites for hydroxylation is 2. The summed E-state index contributed by atoms with van der Waals surface area (Å²) < 4.78 is 7.37. The molecule has 0 spiro atoms. The van der Waals surface area contributed by atoms with Crippen LogP contribution in [-0.2, 0) is 6.54 Å². The molecule has 0 aliphatic carbocycles. The lowest BCUT2D eigenvalue weighted by atomic mass is 10.1. The van der Waals surface area contributed by atoms with Crippen LogP contribution in [-0.4, -0.2) is 28.6 Å². The Morgan fingerprint density at radius 2 is 2.10 bits per heavy atom. The molecule has 0 saturated carbocycles. The van der Waals surface area contributed by atoms with Gasteiger partial charge >= 0.3 is 0 Å². The van der Waals surface area contributed by atoms with Crippen LogP contribution in [0.2, 0.25) is 0 Å². The highest BCUT2D eigenvalue weighted by Crippen LogP contribution is 2.21. The van der Waals surface area contributed by atoms with E-state index in [0.29, 0.717) is 13.0 Å². The van der Waals surface area contributed by atoms with E-state index in [2.05, 4.69) is 23.0 Å². The van der Waals surface area contributed by atoms with Gasteiger partial charge in [0.25, 0.3) is 0 Å². The molecule has 0 unspecified atom stereocenters. The molecule has 0 aliphatic heterocycles. The summed E-state index contributed by atoms with van der Waals surface area (Å²) in [6, 6.07) is 7.91. The van der Waals surface area contributed by atoms with E-state index in [1.165, 1.54) is 0 Å². The SMILES string of the molecule is COc1ccc(C#CCCO)cc1Cn1nc(C)cc1C. The molecule has 0 amide bonds. The summed E-state index contributed by atoms with van der Waals surface area (Å²) in [5, 5.41) is 13.3. The summed E-state index contributed by atoms with van der Waals surface area (Å²) >= 11 is 0. The van der Waals surface area contributed by atoms with Crippen molar-refractivity contribution >= 4 is 0 Å². The van der Waals surface area contributed by atoms with E-state index in [0.717, 1.165) is 28.3 Å². The second-order valence-electron chi connectivity index (χ2n) is 4.89. The lowest BCUT2D eigenvalue weighted by molar-refractivity contribution is 0.305. The molecule has 0 saturated heterocycles. The maximum Gasteiger partial charge on any atom is 0.124 e. The first-order valence-corrected chi connectivity index (χ1v) is 6.91. The van der Waals surface area contributed by atoms with Gasteiger partial charge in [0, 0.05) is 23.2 Å². The van der Waals surface area contributed by atoms with Gasteiger partial charge in [0.1, 0.15) is 5.75 Å². The monoisotopic (exact) mass is 284 g/mol. The van der Waals surface area contributed by atoms with Gasteiger partial charge in [-0.3, -0.25) is 4.68 Å². The summed E-state index contributed by atoms with van der Waals surface area (Å²) in [6.45, 7) is 4.76. The summed E-state index contributed by atoms with van der Waals surface area (Å²) in [5.74, 6) is 6.81. The Balaban J connectivity index is 2.30. The number of hydrogen-bond donors (Lipinski definition) is 1. The lowest BCUT2D eigenvalue weighted by Gasteiger charge is -2.10. The highest BCUT2D eigenvalue weighted by atomic mass is 16.5. The van der Waals surface area contributed by atoms with Crippen LogP contribution in [0.5, 0.6) is 5.75 Å². The molecule has 0 aliphatic rings. The Bertz CT molecular complexity index is 678. The average Bonchev–Trinajstić information content (AvgIpc) is 2.77. The Kier molecular flexibility index (Phi) is 5.02. The molecular weight excluding hydrogens is 264 g/mol. The molecule has 0 fully saturated rings. The molecule has 21 heavy (non-hydrogen) atoms. The molecule has 1 N–H and O–H groups in total. The van der Waals surface area contributed by atoms with Gasteiger partial charge in [-0.05, 0) is 38.1 Å². The zero-order valence-corrected chi connectivity index (χ0v) is 12.7. The maximum absolute atomic E-state index is 8.77. The smallest absolute Gasteiger partial charge is 0.124 e. The molecule has 0 bridgehead atoms. The van der Waals surface area contributed by atoms with Gasteiger partial charge in [0.2, 0.25) is 0 Å². The van der Waals surface area contributed by atoms with E-state index >= 15 is 0 Å². The molecule has 4 heteroatoms. The predicted molar refractivity (Wildman–Crippen MR) is 82.4 cm³/mol. The summed E-state index contributed by atoms with van der Waals surface area (Å²) in [7, 11) is 1.66. The molecule has 0 radical (unpaired) electrons. The highest BCUT2D eigenvalue weighted by molar-refractivity contribution is 5.44. The second-order valence-corrected chi connectivity index (χ2v) is 4.89. The first-order valence-electron chi connectivity index (χ1n) is 6.91. The van der Waals surface area contributed by atoms with Gasteiger partial charge in [-0.1, -0.05) is 11.8 Å². The summed E-state index contributed by atoms with van der Waals surface area (Å²) in [5.41, 5.74) is 4.08. The van der Waals surface area contributed by atoms with Crippen LogP contribution in [0, 0.1) is 25.7 Å². The van der Waals surface area contributed by atoms with E-state index in [-0.39, 0.29) is 6.61 Å². The third-order valence-corrected chi connectivity index (χ3v) is 3.17. The first kappa shape index (κ1) is 15.1. The van der Waals surface area contributed by atoms with Crippen molar-refractivity contribution in [3.05, 3.63) is 46.8 Å². The van der Waals surface area contributed by atoms with Crippen molar-refractivity contribution in [2.24, 2.45) is 0 Å². The molecule has 2 rings (SSSR count). The lowest BCUT2D eigenvalue weighted by Crippen LogP contribution is -2.05. The van der Waals surface area contributed by atoms with Gasteiger partial charge in [-0.25, -0.2) is 0 Å². The Hall–Kier alpha value is -2.25. The Labute approximate surface area is 125 Å². The Morgan fingerprint density at radius 1 is 1.29 bits per heavy atom. The number of benzene rings is 1. The molecule has 1 heterocycles. The van der Waals surface area contributed by atoms with Crippen molar-refractivity contribution < 1.29 is 9.84 Å². The van der Waals surface area contributed by atoms with E-state index in [1.807, 2.05) is 36.7 Å². The topological polar surface area (TPSA) is 47.3 Å². The van der Waals surface area contributed by atoms with E-state index in [9.17, 15) is 0 Å². The van der Waals surface area contributed by atoms with Crippen molar-refractivity contribution in [2.75, 3.05) is 13.7 Å². The van der Waals surface area contributed by atoms with Crippen LogP contribution in [0.1, 0.15) is 28.9 Å². The number of ether oxygens (including phenoxy) is 1. The van der Waals surface area contributed by atoms with Gasteiger partial charge in [-0.15, -0.1) is 0 Å². The van der Waals surface area contributed by atoms with Crippen molar-refractivity contribution in [2.45, 2.75) is 26.8 Å². The van der Waals surface area contributed by atoms with E-state index in [1.54, 1.807) is 7.11 Å². The molecule has 0 atom stereocenters. The number of nitrogens with zero attached hydrogens (tertiary/aromatic N) is 2. The first-order chi connectivity index (χ1) is 10.1. The number of rotatable bonds is 4. The third kappa shape index (κ3) is 3.87. The van der Waals surface area contributed by atoms with Crippen LogP contribution >= 0.6 is 0 Å². The fourth-order valence-electron chi connectivity index (χ4n) is 2.20. The molecule has 1 aromatic carbocycles. The van der Waals surface area contributed by atoms with Gasteiger partial charge < -0.3 is 9.84 Å². The number of aliphatic hydroxyl groups excluding tert-OH is 1. The normalized spacial score (nSPS) is 10.1. The van der Waals surface area contributed by atoms with Crippen LogP contribution in [0.4, 0.5) is 0 Å². The highest BCUT2D eigenvalue weighted by Gasteiger charge is 2.07. The number of aliphatic hydroxyl groups is 1. The van der Waals surface area contributed by atoms with Crippen LogP contribution in [0.3, 0.4) is 0 Å². The fourth-order valence-corrected chi connectivity index (χ4v) is 2.20. The summed E-state index contributed by atoms with van der Waals surface area (Å²) in [6.07, 6.45) is 0.485. The van der Waals surface area contributed by atoms with Gasteiger partial charge in [0.05, 0.1) is 26.0 Å². The van der Waals surface area contributed by atoms with Crippen LogP contribution < -0.4 is 4.74 Å². The fraction of sp³-hybridized carbons (Fsp3) is 0.353. The van der Waals surface area contributed by atoms with Crippen molar-refractivity contribution in [3.8, 4) is 17.6 Å². The molecule has 1 aromatic heterocycles. The minimum Gasteiger partial charge on any atom is -0.496 e. The average molecular weight is 284 g/mol. The minimum absolute atomic E-state index is 0.0851. The molecular formula is C17H20N2O2. The van der Waals surface area contributed by atoms with Crippen LogP contribution in [0.15, 0.2) is 24.3 Å². The van der Waals surface area contributed by atoms with Gasteiger partial charge in [0.15, 0.2) is 0 Å². The maximum atomic E-state index is 8.77. The Morgan fingerprint density at radius 3 is 2.71 bits per heavy atom. The third-order valence-electron chi connectivity index (χ3n) is 3.17. The zero-order valence-electron chi connectivity index (χ0n) is 12.7. The molecule has 4 nitrogen and oxygen atoms in total. The quantitative estimate of drug-likeness (QED) is 0.876. The largest absolute Gasteiger partial charge is 0.496 e. The molecule has 110 valence electrons. The van der Waals surface area contributed by atoms with Gasteiger partial charge in [-0.2, -0.15) is 5.10 Å². The number of hydrogen-bond acceptors (Lipinski definition) is 3. The van der Waals surface area contributed by atoms with Crippen molar-refractivity contribution in [3.63, 3.8) is 0 Å². The van der Waals surface area contributed by atoms with Crippen LogP contribution in [0.25, 0.3) is 0 Å². The molecule has 2 aromatic rings. The van der Waals surface area contributed by atoms with E-state index < -0.39 is 0 Å². The minimum atomic E-state index is 0.0851. The number of methoxy groups -OCH3 is 1. The summed E-state index contributed by atoms with van der Waals surface area (Å²) in [4.78, 5) is 0. The predicted octanol–water partition coefficient (Wildman–Crippen LogP) is 2.29. The van der Waals surface area contributed by atoms with Crippen molar-refractivity contribution in [1.82, 2.24) is 9.78 Å². The zero-order chi connectivity index (χ0) is 15.2. The standard InChI is InChI=1S/C17H20N2O2/c1-13-10-14(2)19(18-13)12-16-11-15(6-4-5-9-20)7-8-17(16)21-3/h7-8,10-11,20H,5,9,12H2,1-3H3. The number of aromatic nitrogens is 2. The van der Waals surface area contributed by atoms with E-state index in [4.69, 9.17) is 9.84 Å².